The molecule has 0 unspecified atom stereocenters. The van der Waals surface area contributed by atoms with Crippen molar-refractivity contribution in [3.05, 3.63) is 65.7 Å². The van der Waals surface area contributed by atoms with Crippen molar-refractivity contribution in [2.45, 2.75) is 19.0 Å². The molecule has 0 saturated heterocycles. The van der Waals surface area contributed by atoms with Crippen LogP contribution in [0.5, 0.6) is 5.75 Å². The van der Waals surface area contributed by atoms with E-state index in [9.17, 15) is 4.79 Å². The molecule has 0 aliphatic heterocycles. The second-order valence-corrected chi connectivity index (χ2v) is 7.73. The molecule has 0 saturated carbocycles. The van der Waals surface area contributed by atoms with Gasteiger partial charge in [0.1, 0.15) is 5.75 Å². The molecule has 1 N–H and O–H groups in total. The molecule has 0 aliphatic carbocycles. The number of rotatable bonds is 6. The highest BCUT2D eigenvalue weighted by atomic mass is 32.2. The summed E-state index contributed by atoms with van der Waals surface area (Å²) in [6.45, 7) is 4.02. The van der Waals surface area contributed by atoms with Crippen LogP contribution in [-0.2, 0) is 4.79 Å². The Bertz CT molecular complexity index is 1220. The Labute approximate surface area is 178 Å². The number of benzene rings is 2. The summed E-state index contributed by atoms with van der Waals surface area (Å²) in [6, 6.07) is 17.3. The van der Waals surface area contributed by atoms with Gasteiger partial charge < -0.3 is 10.1 Å². The number of carbonyl (C=O) groups is 1. The molecular weight excluding hydrogens is 398 g/mol. The van der Waals surface area contributed by atoms with Crippen LogP contribution in [0.15, 0.2) is 59.8 Å². The summed E-state index contributed by atoms with van der Waals surface area (Å²) in [6.07, 6.45) is 0. The molecule has 4 aromatic rings. The number of nitrogens with zero attached hydrogens (tertiary/aromatic N) is 4. The Morgan fingerprint density at radius 2 is 1.93 bits per heavy atom. The normalized spacial score (nSPS) is 10.9. The van der Waals surface area contributed by atoms with Crippen LogP contribution in [0.3, 0.4) is 0 Å². The van der Waals surface area contributed by atoms with E-state index in [-0.39, 0.29) is 11.7 Å². The maximum absolute atomic E-state index is 12.4. The molecule has 0 radical (unpaired) electrons. The van der Waals surface area contributed by atoms with Crippen molar-refractivity contribution in [1.82, 2.24) is 19.8 Å². The molecule has 7 nitrogen and oxygen atoms in total. The van der Waals surface area contributed by atoms with Crippen molar-refractivity contribution >= 4 is 29.0 Å². The highest BCUT2D eigenvalue weighted by molar-refractivity contribution is 7.99. The first-order valence-electron chi connectivity index (χ1n) is 9.41. The fraction of sp³-hybridized carbons (Fsp3) is 0.182. The van der Waals surface area contributed by atoms with Gasteiger partial charge in [0.2, 0.25) is 11.1 Å². The summed E-state index contributed by atoms with van der Waals surface area (Å²) < 4.78 is 6.95. The molecule has 0 bridgehead atoms. The van der Waals surface area contributed by atoms with Gasteiger partial charge in [-0.3, -0.25) is 4.79 Å². The highest BCUT2D eigenvalue weighted by Gasteiger charge is 2.13. The highest BCUT2D eigenvalue weighted by Crippen LogP contribution is 2.24. The van der Waals surface area contributed by atoms with E-state index in [1.165, 1.54) is 11.8 Å². The molecule has 0 fully saturated rings. The van der Waals surface area contributed by atoms with Gasteiger partial charge in [0.05, 0.1) is 18.6 Å². The average molecular weight is 420 g/mol. The van der Waals surface area contributed by atoms with Gasteiger partial charge in [-0.05, 0) is 55.3 Å². The Morgan fingerprint density at radius 1 is 1.10 bits per heavy atom. The van der Waals surface area contributed by atoms with Gasteiger partial charge in [0.15, 0.2) is 5.65 Å². The molecule has 1 amide bonds. The van der Waals surface area contributed by atoms with Gasteiger partial charge in [-0.1, -0.05) is 36.0 Å². The fourth-order valence-electron chi connectivity index (χ4n) is 3.00. The van der Waals surface area contributed by atoms with Crippen LogP contribution < -0.4 is 10.1 Å². The van der Waals surface area contributed by atoms with Gasteiger partial charge in [0.25, 0.3) is 0 Å². The zero-order valence-corrected chi connectivity index (χ0v) is 17.7. The second-order valence-electron chi connectivity index (χ2n) is 6.79. The van der Waals surface area contributed by atoms with Crippen molar-refractivity contribution in [2.75, 3.05) is 18.2 Å². The molecule has 2 aromatic carbocycles. The van der Waals surface area contributed by atoms with Crippen molar-refractivity contribution in [3.63, 3.8) is 0 Å². The van der Waals surface area contributed by atoms with Crippen molar-refractivity contribution in [1.29, 1.82) is 0 Å². The van der Waals surface area contributed by atoms with Crippen LogP contribution in [0.2, 0.25) is 0 Å². The minimum atomic E-state index is -0.102. The van der Waals surface area contributed by atoms with Gasteiger partial charge in [-0.2, -0.15) is 9.61 Å². The third-order valence-electron chi connectivity index (χ3n) is 4.81. The number of anilines is 1. The van der Waals surface area contributed by atoms with E-state index in [0.29, 0.717) is 10.8 Å². The Balaban J connectivity index is 1.51. The number of ether oxygens (including phenoxy) is 1. The number of methoxy groups -OCH3 is 1. The number of hydrogen-bond donors (Lipinski definition) is 1. The van der Waals surface area contributed by atoms with E-state index in [1.807, 2.05) is 68.4 Å². The number of nitrogens with one attached hydrogen (secondary N) is 1. The number of aryl methyl sites for hydroxylation is 1. The topological polar surface area (TPSA) is 81.4 Å². The molecular formula is C22H21N5O2S. The molecule has 0 spiro atoms. The first kappa shape index (κ1) is 19.9. The van der Waals surface area contributed by atoms with E-state index < -0.39 is 0 Å². The summed E-state index contributed by atoms with van der Waals surface area (Å²) in [7, 11) is 1.63. The lowest BCUT2D eigenvalue weighted by atomic mass is 10.1. The van der Waals surface area contributed by atoms with E-state index in [4.69, 9.17) is 4.74 Å². The Kier molecular flexibility index (Phi) is 5.67. The smallest absolute Gasteiger partial charge is 0.234 e. The number of aromatic nitrogens is 4. The van der Waals surface area contributed by atoms with E-state index in [0.717, 1.165) is 33.8 Å². The molecule has 0 aliphatic rings. The molecule has 2 heterocycles. The van der Waals surface area contributed by atoms with Crippen LogP contribution in [-0.4, -0.2) is 38.6 Å². The monoisotopic (exact) mass is 419 g/mol. The summed E-state index contributed by atoms with van der Waals surface area (Å²) in [4.78, 5) is 12.4. The number of hydrogen-bond acceptors (Lipinski definition) is 6. The lowest BCUT2D eigenvalue weighted by Crippen LogP contribution is -2.15. The zero-order chi connectivity index (χ0) is 21.1. The molecule has 30 heavy (non-hydrogen) atoms. The van der Waals surface area contributed by atoms with Gasteiger partial charge >= 0.3 is 0 Å². The predicted molar refractivity (Wildman–Crippen MR) is 118 cm³/mol. The fourth-order valence-corrected chi connectivity index (χ4v) is 3.69. The van der Waals surface area contributed by atoms with E-state index in [1.54, 1.807) is 11.6 Å². The Hall–Kier alpha value is -3.39. The summed E-state index contributed by atoms with van der Waals surface area (Å²) >= 11 is 1.30. The molecule has 4 rings (SSSR count). The SMILES string of the molecule is COc1cccc(-c2ccc3nnc(SCC(=O)Nc4cccc(C)c4C)n3n2)c1. The van der Waals surface area contributed by atoms with Crippen LogP contribution in [0.25, 0.3) is 16.9 Å². The summed E-state index contributed by atoms with van der Waals surface area (Å²) in [5, 5.41) is 16.5. The lowest BCUT2D eigenvalue weighted by molar-refractivity contribution is -0.113. The largest absolute Gasteiger partial charge is 0.497 e. The molecule has 152 valence electrons. The van der Waals surface area contributed by atoms with Crippen LogP contribution in [0.4, 0.5) is 5.69 Å². The minimum absolute atomic E-state index is 0.102. The second kappa shape index (κ2) is 8.54. The number of fused-ring (bicyclic) bond motifs is 1. The number of amides is 1. The van der Waals surface area contributed by atoms with E-state index >= 15 is 0 Å². The molecule has 0 atom stereocenters. The van der Waals surface area contributed by atoms with Gasteiger partial charge in [-0.25, -0.2) is 0 Å². The number of thioether (sulfide) groups is 1. The standard InChI is InChI=1S/C22H21N5O2S/c1-14-6-4-9-18(15(14)2)23-21(28)13-30-22-25-24-20-11-10-19(26-27(20)22)16-7-5-8-17(12-16)29-3/h4-12H,13H2,1-3H3,(H,23,28). The minimum Gasteiger partial charge on any atom is -0.497 e. The van der Waals surface area contributed by atoms with Crippen molar-refractivity contribution in [2.24, 2.45) is 0 Å². The average Bonchev–Trinajstić information content (AvgIpc) is 3.18. The van der Waals surface area contributed by atoms with Crippen molar-refractivity contribution in [3.8, 4) is 17.0 Å². The summed E-state index contributed by atoms with van der Waals surface area (Å²) in [5.74, 6) is 0.865. The zero-order valence-electron chi connectivity index (χ0n) is 16.9. The van der Waals surface area contributed by atoms with Gasteiger partial charge in [-0.15, -0.1) is 10.2 Å². The first-order chi connectivity index (χ1) is 14.5. The summed E-state index contributed by atoms with van der Waals surface area (Å²) in [5.41, 5.74) is 5.34. The van der Waals surface area contributed by atoms with Gasteiger partial charge in [0, 0.05) is 11.3 Å². The van der Waals surface area contributed by atoms with Crippen LogP contribution in [0.1, 0.15) is 11.1 Å². The maximum atomic E-state index is 12.4. The third-order valence-corrected chi connectivity index (χ3v) is 5.73. The lowest BCUT2D eigenvalue weighted by Gasteiger charge is -2.10. The predicted octanol–water partition coefficient (Wildman–Crippen LogP) is 4.15. The maximum Gasteiger partial charge on any atom is 0.234 e. The first-order valence-corrected chi connectivity index (χ1v) is 10.4. The van der Waals surface area contributed by atoms with Crippen molar-refractivity contribution < 1.29 is 9.53 Å². The number of carbonyl (C=O) groups excluding carboxylic acids is 1. The van der Waals surface area contributed by atoms with Crippen LogP contribution >= 0.6 is 11.8 Å². The third kappa shape index (κ3) is 4.13. The Morgan fingerprint density at radius 3 is 2.77 bits per heavy atom. The van der Waals surface area contributed by atoms with Crippen LogP contribution in [0, 0.1) is 13.8 Å². The van der Waals surface area contributed by atoms with E-state index in [2.05, 4.69) is 20.6 Å². The quantitative estimate of drug-likeness (QED) is 0.473. The molecule has 8 heteroatoms. The molecule has 2 aromatic heterocycles.